The van der Waals surface area contributed by atoms with Gasteiger partial charge in [0, 0.05) is 31.5 Å². The van der Waals surface area contributed by atoms with Gasteiger partial charge in [0.05, 0.1) is 11.6 Å². The number of nitrogens with one attached hydrogen (secondary N) is 1. The minimum atomic E-state index is -0.682. The van der Waals surface area contributed by atoms with E-state index in [1.54, 1.807) is 43.2 Å². The van der Waals surface area contributed by atoms with Crippen molar-refractivity contribution in [2.24, 2.45) is 0 Å². The van der Waals surface area contributed by atoms with E-state index in [1.165, 1.54) is 24.3 Å². The van der Waals surface area contributed by atoms with Crippen LogP contribution in [0, 0.1) is 11.6 Å². The van der Waals surface area contributed by atoms with Crippen molar-refractivity contribution in [2.75, 3.05) is 20.3 Å². The van der Waals surface area contributed by atoms with E-state index in [1.807, 2.05) is 0 Å². The van der Waals surface area contributed by atoms with Crippen molar-refractivity contribution in [3.05, 3.63) is 77.3 Å². The summed E-state index contributed by atoms with van der Waals surface area (Å²) in [6.45, 7) is 2.70. The fraction of sp³-hybridized carbons (Fsp3) is 0.261. The van der Waals surface area contributed by atoms with Crippen LogP contribution in [-0.2, 0) is 4.74 Å². The highest BCUT2D eigenvalue weighted by Crippen LogP contribution is 2.37. The van der Waals surface area contributed by atoms with Gasteiger partial charge in [0.15, 0.2) is 0 Å². The summed E-state index contributed by atoms with van der Waals surface area (Å²) >= 11 is 0. The first-order chi connectivity index (χ1) is 15.5. The number of halogens is 2. The number of nitrogens with zero attached hydrogens (tertiary/aromatic N) is 3. The number of carbonyl (C=O) groups is 1. The maximum absolute atomic E-state index is 14.0. The minimum Gasteiger partial charge on any atom is -0.385 e. The Morgan fingerprint density at radius 3 is 2.66 bits per heavy atom. The number of urea groups is 1. The Hall–Kier alpha value is -3.59. The zero-order chi connectivity index (χ0) is 22.7. The van der Waals surface area contributed by atoms with Gasteiger partial charge in [-0.2, -0.15) is 4.98 Å². The monoisotopic (exact) mass is 440 g/mol. The zero-order valence-corrected chi connectivity index (χ0v) is 17.6. The molecule has 9 heteroatoms. The average Bonchev–Trinajstić information content (AvgIpc) is 3.26. The summed E-state index contributed by atoms with van der Waals surface area (Å²) in [5, 5.41) is 6.94. The first kappa shape index (κ1) is 21.6. The molecule has 4 rings (SSSR count). The number of methoxy groups -OCH3 is 1. The minimum absolute atomic E-state index is 0.188. The third kappa shape index (κ3) is 4.38. The highest BCUT2D eigenvalue weighted by atomic mass is 19.1. The number of amides is 2. The predicted molar refractivity (Wildman–Crippen MR) is 113 cm³/mol. The Morgan fingerprint density at radius 2 is 1.94 bits per heavy atom. The first-order valence-electron chi connectivity index (χ1n) is 10.1. The van der Waals surface area contributed by atoms with E-state index in [0.717, 1.165) is 0 Å². The van der Waals surface area contributed by atoms with Crippen molar-refractivity contribution < 1.29 is 22.8 Å². The maximum atomic E-state index is 14.0. The number of rotatable bonds is 7. The molecule has 2 heterocycles. The summed E-state index contributed by atoms with van der Waals surface area (Å²) in [4.78, 5) is 18.9. The molecule has 0 bridgehead atoms. The number of aromatic nitrogens is 2. The second-order valence-corrected chi connectivity index (χ2v) is 7.36. The lowest BCUT2D eigenvalue weighted by atomic mass is 9.94. The van der Waals surface area contributed by atoms with Crippen LogP contribution in [0.1, 0.15) is 30.8 Å². The molecule has 0 saturated carbocycles. The Labute approximate surface area is 183 Å². The number of carbonyl (C=O) groups excluding carboxylic acids is 1. The molecule has 1 N–H and O–H groups in total. The molecule has 1 aliphatic rings. The lowest BCUT2D eigenvalue weighted by molar-refractivity contribution is 0.174. The maximum Gasteiger partial charge on any atom is 0.322 e. The molecule has 2 amide bonds. The molecule has 1 atom stereocenters. The average molecular weight is 440 g/mol. The lowest BCUT2D eigenvalue weighted by Crippen LogP contribution is -2.46. The molecule has 0 fully saturated rings. The smallest absolute Gasteiger partial charge is 0.322 e. The highest BCUT2D eigenvalue weighted by Gasteiger charge is 2.35. The Morgan fingerprint density at radius 1 is 1.16 bits per heavy atom. The lowest BCUT2D eigenvalue weighted by Gasteiger charge is -2.35. The Balaban J connectivity index is 1.77. The van der Waals surface area contributed by atoms with Crippen molar-refractivity contribution in [2.45, 2.75) is 19.4 Å². The highest BCUT2D eigenvalue weighted by molar-refractivity contribution is 5.86. The first-order valence-corrected chi connectivity index (χ1v) is 10.1. The van der Waals surface area contributed by atoms with E-state index in [-0.39, 0.29) is 23.6 Å². The fourth-order valence-corrected chi connectivity index (χ4v) is 3.68. The number of hydrogen-bond donors (Lipinski definition) is 1. The fourth-order valence-electron chi connectivity index (χ4n) is 3.68. The molecule has 1 aromatic heterocycles. The van der Waals surface area contributed by atoms with Gasteiger partial charge in [-0.1, -0.05) is 17.3 Å². The van der Waals surface area contributed by atoms with Crippen LogP contribution in [0.5, 0.6) is 0 Å². The van der Waals surface area contributed by atoms with Gasteiger partial charge in [-0.25, -0.2) is 13.6 Å². The van der Waals surface area contributed by atoms with Gasteiger partial charge in [-0.3, -0.25) is 4.90 Å². The van der Waals surface area contributed by atoms with Gasteiger partial charge >= 0.3 is 6.03 Å². The van der Waals surface area contributed by atoms with Gasteiger partial charge in [0.1, 0.15) is 11.6 Å². The Bertz CT molecular complexity index is 1140. The molecule has 2 aromatic carbocycles. The van der Waals surface area contributed by atoms with E-state index in [4.69, 9.17) is 9.26 Å². The molecule has 1 unspecified atom stereocenters. The van der Waals surface area contributed by atoms with Gasteiger partial charge in [-0.05, 0) is 55.3 Å². The van der Waals surface area contributed by atoms with Gasteiger partial charge in [0.25, 0.3) is 5.89 Å². The molecular formula is C23H22F2N4O3. The number of hydrogen-bond acceptors (Lipinski definition) is 5. The standard InChI is InChI=1S/C23H22F2N4O3/c1-14-19(22-27-21(28-32-22)15-7-9-17(24)10-8-15)20(16-5-3-6-18(25)13-16)26-23(30)29(14)11-4-12-31-2/h3,5-10,13,20H,4,11-12H2,1-2H3,(H,26,30). The Kier molecular flexibility index (Phi) is 6.27. The second kappa shape index (κ2) is 9.27. The van der Waals surface area contributed by atoms with Crippen molar-refractivity contribution in [3.63, 3.8) is 0 Å². The van der Waals surface area contributed by atoms with E-state index >= 15 is 0 Å². The number of allylic oxidation sites excluding steroid dienone is 1. The summed E-state index contributed by atoms with van der Waals surface area (Å²) in [5.74, 6) is -0.327. The van der Waals surface area contributed by atoms with Crippen LogP contribution in [0.15, 0.2) is 58.8 Å². The van der Waals surface area contributed by atoms with Crippen molar-refractivity contribution in [1.29, 1.82) is 0 Å². The summed E-state index contributed by atoms with van der Waals surface area (Å²) in [6.07, 6.45) is 0.629. The van der Waals surface area contributed by atoms with Gasteiger partial charge < -0.3 is 14.6 Å². The molecular weight excluding hydrogens is 418 g/mol. The topological polar surface area (TPSA) is 80.5 Å². The van der Waals surface area contributed by atoms with Crippen molar-refractivity contribution in [3.8, 4) is 11.4 Å². The molecule has 1 aliphatic heterocycles. The largest absolute Gasteiger partial charge is 0.385 e. The molecule has 32 heavy (non-hydrogen) atoms. The molecule has 0 radical (unpaired) electrons. The normalized spacial score (nSPS) is 16.4. The van der Waals surface area contributed by atoms with E-state index in [0.29, 0.717) is 42.0 Å². The van der Waals surface area contributed by atoms with Crippen LogP contribution in [0.2, 0.25) is 0 Å². The van der Waals surface area contributed by atoms with E-state index in [2.05, 4.69) is 15.5 Å². The summed E-state index contributed by atoms with van der Waals surface area (Å²) in [7, 11) is 1.60. The number of ether oxygens (including phenoxy) is 1. The predicted octanol–water partition coefficient (Wildman–Crippen LogP) is 4.55. The summed E-state index contributed by atoms with van der Waals surface area (Å²) < 4.78 is 37.9. The van der Waals surface area contributed by atoms with Crippen molar-refractivity contribution >= 4 is 11.6 Å². The van der Waals surface area contributed by atoms with Gasteiger partial charge in [-0.15, -0.1) is 0 Å². The molecule has 166 valence electrons. The van der Waals surface area contributed by atoms with Crippen LogP contribution in [0.3, 0.4) is 0 Å². The summed E-state index contributed by atoms with van der Waals surface area (Å²) in [6, 6.07) is 10.7. The van der Waals surface area contributed by atoms with E-state index < -0.39 is 11.9 Å². The van der Waals surface area contributed by atoms with Crippen LogP contribution < -0.4 is 5.32 Å². The van der Waals surface area contributed by atoms with Crippen LogP contribution in [0.25, 0.3) is 17.0 Å². The van der Waals surface area contributed by atoms with Crippen molar-refractivity contribution in [1.82, 2.24) is 20.4 Å². The van der Waals surface area contributed by atoms with Crippen LogP contribution in [-0.4, -0.2) is 41.3 Å². The van der Waals surface area contributed by atoms with E-state index in [9.17, 15) is 13.6 Å². The van der Waals surface area contributed by atoms with Crippen LogP contribution in [0.4, 0.5) is 13.6 Å². The molecule has 0 saturated heterocycles. The van der Waals surface area contributed by atoms with Crippen LogP contribution >= 0.6 is 0 Å². The third-order valence-electron chi connectivity index (χ3n) is 5.27. The third-order valence-corrected chi connectivity index (χ3v) is 5.27. The second-order valence-electron chi connectivity index (χ2n) is 7.36. The number of benzene rings is 2. The quantitative estimate of drug-likeness (QED) is 0.546. The summed E-state index contributed by atoms with van der Waals surface area (Å²) in [5.41, 5.74) is 2.31. The van der Waals surface area contributed by atoms with Gasteiger partial charge in [0.2, 0.25) is 5.82 Å². The molecule has 0 spiro atoms. The molecule has 3 aromatic rings. The molecule has 7 nitrogen and oxygen atoms in total. The SMILES string of the molecule is COCCCN1C(=O)NC(c2cccc(F)c2)C(c2nc(-c3ccc(F)cc3)no2)=C1C. The molecule has 0 aliphatic carbocycles. The zero-order valence-electron chi connectivity index (χ0n) is 17.6.